The van der Waals surface area contributed by atoms with Gasteiger partial charge in [-0.2, -0.15) is 5.26 Å². The molecule has 0 spiro atoms. The molecule has 0 radical (unpaired) electrons. The van der Waals surface area contributed by atoms with Crippen LogP contribution in [0.3, 0.4) is 0 Å². The summed E-state index contributed by atoms with van der Waals surface area (Å²) in [4.78, 5) is 7.83. The topological polar surface area (TPSA) is 112 Å². The molecule has 1 aromatic carbocycles. The van der Waals surface area contributed by atoms with Crippen molar-refractivity contribution in [3.63, 3.8) is 0 Å². The molecule has 1 aromatic heterocycles. The molecule has 2 aromatic rings. The molecule has 1 aliphatic heterocycles. The lowest BCUT2D eigenvalue weighted by Gasteiger charge is -2.34. The van der Waals surface area contributed by atoms with E-state index < -0.39 is 38.8 Å². The van der Waals surface area contributed by atoms with Crippen molar-refractivity contribution in [2.45, 2.75) is 12.5 Å². The van der Waals surface area contributed by atoms with E-state index in [4.69, 9.17) is 11.0 Å². The molecule has 0 aliphatic carbocycles. The first kappa shape index (κ1) is 21.3. The number of nitrogens with two attached hydrogens (primary N) is 1. The number of guanidine groups is 1. The van der Waals surface area contributed by atoms with Crippen molar-refractivity contribution < 1.29 is 21.6 Å². The molecule has 2 heterocycles. The molecule has 0 amide bonds. The van der Waals surface area contributed by atoms with E-state index in [0.717, 1.165) is 22.5 Å². The minimum absolute atomic E-state index is 0.0705. The normalized spacial score (nSPS) is 21.1. The number of nitrogens with zero attached hydrogens (tertiary/aromatic N) is 4. The summed E-state index contributed by atoms with van der Waals surface area (Å²) in [7, 11) is -2.72. The SMILES string of the molecule is CN1C(N)=N[C@](C)(c2cc(/C=C(\F)c3ccc(C#N)cn3)cc(F)c2F)CS1(=O)=O. The maximum absolute atomic E-state index is 14.6. The van der Waals surface area contributed by atoms with E-state index in [9.17, 15) is 21.6 Å². The Morgan fingerprint density at radius 1 is 1.37 bits per heavy atom. The fourth-order valence-corrected chi connectivity index (χ4v) is 4.44. The van der Waals surface area contributed by atoms with Crippen LogP contribution in [0.5, 0.6) is 0 Å². The molecule has 30 heavy (non-hydrogen) atoms. The molecule has 11 heteroatoms. The fraction of sp³-hybridized carbons (Fsp3) is 0.211. The lowest BCUT2D eigenvalue weighted by Crippen LogP contribution is -2.50. The highest BCUT2D eigenvalue weighted by molar-refractivity contribution is 7.89. The fourth-order valence-electron chi connectivity index (χ4n) is 2.99. The van der Waals surface area contributed by atoms with Gasteiger partial charge in [0.1, 0.15) is 17.4 Å². The maximum atomic E-state index is 14.6. The molecule has 7 nitrogen and oxygen atoms in total. The lowest BCUT2D eigenvalue weighted by molar-refractivity contribution is 0.435. The predicted octanol–water partition coefficient (Wildman–Crippen LogP) is 2.50. The van der Waals surface area contributed by atoms with Crippen molar-refractivity contribution >= 4 is 27.9 Å². The van der Waals surface area contributed by atoms with Gasteiger partial charge in [-0.15, -0.1) is 0 Å². The smallest absolute Gasteiger partial charge is 0.239 e. The molecular weight excluding hydrogens is 419 g/mol. The molecule has 0 saturated heterocycles. The van der Waals surface area contributed by atoms with E-state index in [1.54, 1.807) is 0 Å². The summed E-state index contributed by atoms with van der Waals surface area (Å²) < 4.78 is 68.8. The van der Waals surface area contributed by atoms with Crippen molar-refractivity contribution in [2.24, 2.45) is 10.7 Å². The highest BCUT2D eigenvalue weighted by atomic mass is 32.2. The summed E-state index contributed by atoms with van der Waals surface area (Å²) in [6.07, 6.45) is 2.08. The van der Waals surface area contributed by atoms with Crippen LogP contribution in [0.25, 0.3) is 11.9 Å². The number of aromatic nitrogens is 1. The minimum atomic E-state index is -3.92. The van der Waals surface area contributed by atoms with Gasteiger partial charge in [-0.05, 0) is 42.8 Å². The van der Waals surface area contributed by atoms with Crippen molar-refractivity contribution in [2.75, 3.05) is 12.8 Å². The van der Waals surface area contributed by atoms with Gasteiger partial charge in [0.25, 0.3) is 0 Å². The monoisotopic (exact) mass is 435 g/mol. The second-order valence-electron chi connectivity index (χ2n) is 6.87. The van der Waals surface area contributed by atoms with Gasteiger partial charge in [0.15, 0.2) is 11.6 Å². The van der Waals surface area contributed by atoms with E-state index in [2.05, 4.69) is 9.98 Å². The summed E-state index contributed by atoms with van der Waals surface area (Å²) in [6.45, 7) is 1.30. The molecule has 2 N–H and O–H groups in total. The van der Waals surface area contributed by atoms with Gasteiger partial charge < -0.3 is 5.73 Å². The first-order valence-electron chi connectivity index (χ1n) is 8.52. The largest absolute Gasteiger partial charge is 0.369 e. The second-order valence-corrected chi connectivity index (χ2v) is 8.87. The summed E-state index contributed by atoms with van der Waals surface area (Å²) >= 11 is 0. The van der Waals surface area contributed by atoms with Gasteiger partial charge in [-0.3, -0.25) is 4.98 Å². The zero-order chi connectivity index (χ0) is 22.3. The highest BCUT2D eigenvalue weighted by Gasteiger charge is 2.42. The van der Waals surface area contributed by atoms with E-state index in [1.165, 1.54) is 32.3 Å². The van der Waals surface area contributed by atoms with Crippen molar-refractivity contribution in [3.8, 4) is 6.07 Å². The van der Waals surface area contributed by atoms with Gasteiger partial charge in [-0.25, -0.2) is 30.9 Å². The highest BCUT2D eigenvalue weighted by Crippen LogP contribution is 2.35. The van der Waals surface area contributed by atoms with Gasteiger partial charge in [0.2, 0.25) is 16.0 Å². The number of sulfonamides is 1. The second kappa shape index (κ2) is 7.46. The first-order chi connectivity index (χ1) is 14.0. The Labute approximate surface area is 171 Å². The summed E-state index contributed by atoms with van der Waals surface area (Å²) in [5, 5.41) is 8.77. The van der Waals surface area contributed by atoms with Crippen LogP contribution in [0.2, 0.25) is 0 Å². The summed E-state index contributed by atoms with van der Waals surface area (Å²) in [5.74, 6) is -4.49. The van der Waals surface area contributed by atoms with E-state index >= 15 is 0 Å². The van der Waals surface area contributed by atoms with E-state index in [0.29, 0.717) is 0 Å². The molecule has 1 aliphatic rings. The number of hydrogen-bond acceptors (Lipinski definition) is 6. The average molecular weight is 435 g/mol. The Bertz CT molecular complexity index is 1220. The van der Waals surface area contributed by atoms with Gasteiger partial charge in [-0.1, -0.05) is 0 Å². The third-order valence-corrected chi connectivity index (χ3v) is 6.57. The minimum Gasteiger partial charge on any atom is -0.369 e. The predicted molar refractivity (Wildman–Crippen MR) is 105 cm³/mol. The molecule has 0 bridgehead atoms. The number of halogens is 3. The van der Waals surface area contributed by atoms with Crippen LogP contribution in [0, 0.1) is 23.0 Å². The van der Waals surface area contributed by atoms with Gasteiger partial charge in [0, 0.05) is 18.8 Å². The summed E-state index contributed by atoms with van der Waals surface area (Å²) in [6, 6.07) is 6.34. The molecule has 156 valence electrons. The average Bonchev–Trinajstić information content (AvgIpc) is 2.68. The Balaban J connectivity index is 2.10. The third-order valence-electron chi connectivity index (χ3n) is 4.63. The van der Waals surface area contributed by atoms with Crippen LogP contribution in [0.4, 0.5) is 13.2 Å². The third kappa shape index (κ3) is 3.86. The van der Waals surface area contributed by atoms with Crippen molar-refractivity contribution in [3.05, 3.63) is 64.5 Å². The van der Waals surface area contributed by atoms with Crippen LogP contribution < -0.4 is 5.73 Å². The van der Waals surface area contributed by atoms with E-state index in [-0.39, 0.29) is 28.3 Å². The van der Waals surface area contributed by atoms with Crippen molar-refractivity contribution in [1.29, 1.82) is 5.26 Å². The Morgan fingerprint density at radius 3 is 2.63 bits per heavy atom. The molecule has 1 atom stereocenters. The van der Waals surface area contributed by atoms with Crippen LogP contribution in [-0.2, 0) is 15.6 Å². The van der Waals surface area contributed by atoms with Gasteiger partial charge >= 0.3 is 0 Å². The molecular formula is C19H16F3N5O2S. The molecule has 0 unspecified atom stereocenters. The standard InChI is InChI=1S/C19H16F3N5O2S/c1-19(10-30(28,29)27(2)18(24)26-19)13-5-12(7-15(21)17(13)22)6-14(20)16-4-3-11(8-23)9-25-16/h3-7,9H,10H2,1-2H3,(H2,24,26)/b14-6-/t19-/m0/s1. The molecule has 0 saturated carbocycles. The first-order valence-corrected chi connectivity index (χ1v) is 10.1. The van der Waals surface area contributed by atoms with Gasteiger partial charge in [0.05, 0.1) is 17.0 Å². The molecule has 3 rings (SSSR count). The number of hydrogen-bond donors (Lipinski definition) is 1. The zero-order valence-corrected chi connectivity index (χ0v) is 16.7. The van der Waals surface area contributed by atoms with Crippen LogP contribution in [0.15, 0.2) is 35.5 Å². The lowest BCUT2D eigenvalue weighted by atomic mass is 9.92. The Hall–Kier alpha value is -3.39. The van der Waals surface area contributed by atoms with E-state index in [1.807, 2.05) is 6.07 Å². The number of rotatable bonds is 3. The number of nitriles is 1. The number of aliphatic imine (C=N–C) groups is 1. The zero-order valence-electron chi connectivity index (χ0n) is 15.9. The van der Waals surface area contributed by atoms with Crippen LogP contribution >= 0.6 is 0 Å². The quantitative estimate of drug-likeness (QED) is 0.796. The Morgan fingerprint density at radius 2 is 2.07 bits per heavy atom. The molecule has 0 fully saturated rings. The van der Waals surface area contributed by atoms with Crippen LogP contribution in [0.1, 0.15) is 29.3 Å². The maximum Gasteiger partial charge on any atom is 0.239 e. The van der Waals surface area contributed by atoms with Crippen molar-refractivity contribution in [1.82, 2.24) is 9.29 Å². The summed E-state index contributed by atoms with van der Waals surface area (Å²) in [5.41, 5.74) is 3.60. The number of benzene rings is 1. The number of pyridine rings is 1. The van der Waals surface area contributed by atoms with Crippen LogP contribution in [-0.4, -0.2) is 36.5 Å². The Kier molecular flexibility index (Phi) is 5.30.